The van der Waals surface area contributed by atoms with E-state index in [-0.39, 0.29) is 27.7 Å². The van der Waals surface area contributed by atoms with E-state index < -0.39 is 15.9 Å². The van der Waals surface area contributed by atoms with Crippen LogP contribution in [0.3, 0.4) is 0 Å². The Kier molecular flexibility index (Phi) is 7.81. The van der Waals surface area contributed by atoms with Gasteiger partial charge in [0.1, 0.15) is 11.5 Å². The van der Waals surface area contributed by atoms with E-state index in [4.69, 9.17) is 26.1 Å². The van der Waals surface area contributed by atoms with Gasteiger partial charge in [-0.1, -0.05) is 0 Å². The molecule has 11 nitrogen and oxygen atoms in total. The standard InChI is InChI=1S/C21H21N5O6S2/c1-13-4-7-15(32-13)8-11-18(27)24-21(33)22-14-5-9-16(10-6-14)34(28,29)26-17-12-19(30-2)25-20(23-17)31-3/h4-12H,1-3H3,(H,23,25,26)(H2,22,24,27,33)/b11-8+. The Morgan fingerprint density at radius 1 is 1.09 bits per heavy atom. The normalized spacial score (nSPS) is 11.1. The highest BCUT2D eigenvalue weighted by atomic mass is 32.2. The molecular weight excluding hydrogens is 482 g/mol. The summed E-state index contributed by atoms with van der Waals surface area (Å²) >= 11 is 5.12. The van der Waals surface area contributed by atoms with Gasteiger partial charge in [-0.05, 0) is 61.6 Å². The molecule has 3 aromatic rings. The fourth-order valence-corrected chi connectivity index (χ4v) is 3.79. The van der Waals surface area contributed by atoms with E-state index in [1.807, 2.05) is 0 Å². The van der Waals surface area contributed by atoms with Crippen molar-refractivity contribution in [2.45, 2.75) is 11.8 Å². The molecule has 0 radical (unpaired) electrons. The third kappa shape index (κ3) is 6.76. The SMILES string of the molecule is COc1cc(NS(=O)(=O)c2ccc(NC(=S)NC(=O)/C=C/c3ccc(C)o3)cc2)nc(OC)n1. The van der Waals surface area contributed by atoms with Crippen LogP contribution in [0.15, 0.2) is 57.9 Å². The van der Waals surface area contributed by atoms with Gasteiger partial charge in [0, 0.05) is 17.8 Å². The summed E-state index contributed by atoms with van der Waals surface area (Å²) in [7, 11) is -1.23. The third-order valence-electron chi connectivity index (χ3n) is 4.13. The smallest absolute Gasteiger partial charge is 0.321 e. The summed E-state index contributed by atoms with van der Waals surface area (Å²) in [5, 5.41) is 5.34. The minimum atomic E-state index is -3.96. The van der Waals surface area contributed by atoms with Crippen molar-refractivity contribution in [2.75, 3.05) is 24.3 Å². The first kappa shape index (κ1) is 24.7. The van der Waals surface area contributed by atoms with E-state index >= 15 is 0 Å². The predicted molar refractivity (Wildman–Crippen MR) is 129 cm³/mol. The first-order chi connectivity index (χ1) is 16.2. The third-order valence-corrected chi connectivity index (χ3v) is 5.71. The fraction of sp³-hybridized carbons (Fsp3) is 0.143. The lowest BCUT2D eigenvalue weighted by Gasteiger charge is -2.11. The summed E-state index contributed by atoms with van der Waals surface area (Å²) in [5.41, 5.74) is 0.472. The molecule has 0 aliphatic heterocycles. The summed E-state index contributed by atoms with van der Waals surface area (Å²) in [6.45, 7) is 1.80. The number of furan rings is 1. The van der Waals surface area contributed by atoms with Crippen molar-refractivity contribution in [1.82, 2.24) is 15.3 Å². The van der Waals surface area contributed by atoms with Gasteiger partial charge in [0.2, 0.25) is 11.8 Å². The largest absolute Gasteiger partial charge is 0.481 e. The van der Waals surface area contributed by atoms with Gasteiger partial charge >= 0.3 is 6.01 Å². The number of rotatable bonds is 8. The van der Waals surface area contributed by atoms with E-state index in [9.17, 15) is 13.2 Å². The van der Waals surface area contributed by atoms with Crippen LogP contribution in [0.5, 0.6) is 11.9 Å². The topological polar surface area (TPSA) is 145 Å². The van der Waals surface area contributed by atoms with Crippen LogP contribution in [0.2, 0.25) is 0 Å². The lowest BCUT2D eigenvalue weighted by molar-refractivity contribution is -0.115. The number of carbonyl (C=O) groups excluding carboxylic acids is 1. The molecule has 0 spiro atoms. The maximum Gasteiger partial charge on any atom is 0.321 e. The van der Waals surface area contributed by atoms with Crippen LogP contribution in [0.25, 0.3) is 6.08 Å². The lowest BCUT2D eigenvalue weighted by Crippen LogP contribution is -2.32. The van der Waals surface area contributed by atoms with Crippen LogP contribution in [0, 0.1) is 6.92 Å². The second-order valence-electron chi connectivity index (χ2n) is 6.64. The average Bonchev–Trinajstić information content (AvgIpc) is 3.22. The molecule has 2 aromatic heterocycles. The van der Waals surface area contributed by atoms with Crippen LogP contribution < -0.4 is 24.8 Å². The number of aryl methyl sites for hydroxylation is 1. The maximum absolute atomic E-state index is 12.7. The van der Waals surface area contributed by atoms with Crippen molar-refractivity contribution in [3.05, 3.63) is 60.1 Å². The number of anilines is 2. The van der Waals surface area contributed by atoms with E-state index in [1.165, 1.54) is 56.7 Å². The molecule has 34 heavy (non-hydrogen) atoms. The molecule has 0 unspecified atom stereocenters. The van der Waals surface area contributed by atoms with Crippen molar-refractivity contribution in [3.8, 4) is 11.9 Å². The fourth-order valence-electron chi connectivity index (χ4n) is 2.58. The molecule has 0 atom stereocenters. The average molecular weight is 504 g/mol. The Balaban J connectivity index is 1.61. The number of sulfonamides is 1. The van der Waals surface area contributed by atoms with Crippen LogP contribution in [0.1, 0.15) is 11.5 Å². The zero-order valence-electron chi connectivity index (χ0n) is 18.4. The molecule has 0 bridgehead atoms. The summed E-state index contributed by atoms with van der Waals surface area (Å²) in [4.78, 5) is 19.8. The lowest BCUT2D eigenvalue weighted by atomic mass is 10.3. The molecular formula is C21H21N5O6S2. The molecule has 0 aliphatic rings. The summed E-state index contributed by atoms with van der Waals surface area (Å²) in [6, 6.07) is 10.5. The van der Waals surface area contributed by atoms with E-state index in [1.54, 1.807) is 19.1 Å². The van der Waals surface area contributed by atoms with Crippen LogP contribution in [-0.2, 0) is 14.8 Å². The highest BCUT2D eigenvalue weighted by Gasteiger charge is 2.17. The van der Waals surface area contributed by atoms with Gasteiger partial charge in [-0.2, -0.15) is 9.97 Å². The first-order valence-electron chi connectivity index (χ1n) is 9.65. The van der Waals surface area contributed by atoms with Crippen molar-refractivity contribution in [3.63, 3.8) is 0 Å². The molecule has 0 fully saturated rings. The van der Waals surface area contributed by atoms with Gasteiger partial charge in [0.05, 0.1) is 19.1 Å². The number of amides is 1. The molecule has 2 heterocycles. The summed E-state index contributed by atoms with van der Waals surface area (Å²) < 4.78 is 43.0. The quantitative estimate of drug-likeness (QED) is 0.310. The second-order valence-corrected chi connectivity index (χ2v) is 8.73. The summed E-state index contributed by atoms with van der Waals surface area (Å²) in [5.74, 6) is 0.928. The summed E-state index contributed by atoms with van der Waals surface area (Å²) in [6.07, 6.45) is 2.80. The highest BCUT2D eigenvalue weighted by molar-refractivity contribution is 7.92. The highest BCUT2D eigenvalue weighted by Crippen LogP contribution is 2.21. The minimum absolute atomic E-state index is 0.0208. The van der Waals surface area contributed by atoms with Gasteiger partial charge in [-0.3, -0.25) is 14.8 Å². The van der Waals surface area contributed by atoms with Crippen molar-refractivity contribution >= 4 is 50.8 Å². The molecule has 178 valence electrons. The minimum Gasteiger partial charge on any atom is -0.481 e. The molecule has 1 amide bonds. The van der Waals surface area contributed by atoms with Gasteiger partial charge in [-0.15, -0.1) is 0 Å². The van der Waals surface area contributed by atoms with Crippen molar-refractivity contribution < 1.29 is 27.1 Å². The van der Waals surface area contributed by atoms with Gasteiger partial charge in [0.25, 0.3) is 10.0 Å². The maximum atomic E-state index is 12.7. The van der Waals surface area contributed by atoms with Crippen LogP contribution in [-0.4, -0.2) is 43.6 Å². The zero-order chi connectivity index (χ0) is 24.7. The predicted octanol–water partition coefficient (Wildman–Crippen LogP) is 2.72. The number of ether oxygens (including phenoxy) is 2. The number of hydrogen-bond donors (Lipinski definition) is 3. The molecule has 0 saturated carbocycles. The number of nitrogens with zero attached hydrogens (tertiary/aromatic N) is 2. The zero-order valence-corrected chi connectivity index (χ0v) is 20.0. The number of benzene rings is 1. The molecule has 0 saturated heterocycles. The van der Waals surface area contributed by atoms with E-state index in [0.29, 0.717) is 11.4 Å². The Morgan fingerprint density at radius 2 is 1.82 bits per heavy atom. The van der Waals surface area contributed by atoms with Gasteiger partial charge in [-0.25, -0.2) is 8.42 Å². The second kappa shape index (κ2) is 10.8. The Morgan fingerprint density at radius 3 is 2.44 bits per heavy atom. The molecule has 1 aromatic carbocycles. The number of thiocarbonyl (C=S) groups is 1. The Hall–Kier alpha value is -3.97. The van der Waals surface area contributed by atoms with Crippen molar-refractivity contribution in [1.29, 1.82) is 0 Å². The molecule has 0 aliphatic carbocycles. The monoisotopic (exact) mass is 503 g/mol. The van der Waals surface area contributed by atoms with Gasteiger partial charge in [0.15, 0.2) is 10.9 Å². The van der Waals surface area contributed by atoms with E-state index in [2.05, 4.69) is 25.3 Å². The van der Waals surface area contributed by atoms with E-state index in [0.717, 1.165) is 5.76 Å². The van der Waals surface area contributed by atoms with Crippen LogP contribution in [0.4, 0.5) is 11.5 Å². The number of aromatic nitrogens is 2. The molecule has 3 rings (SSSR count). The number of nitrogens with one attached hydrogen (secondary N) is 3. The number of carbonyl (C=O) groups is 1. The van der Waals surface area contributed by atoms with Gasteiger partial charge < -0.3 is 19.2 Å². The van der Waals surface area contributed by atoms with Crippen LogP contribution >= 0.6 is 12.2 Å². The van der Waals surface area contributed by atoms with Crippen molar-refractivity contribution in [2.24, 2.45) is 0 Å². The number of hydrogen-bond acceptors (Lipinski definition) is 9. The Bertz CT molecular complexity index is 1300. The molecule has 3 N–H and O–H groups in total. The first-order valence-corrected chi connectivity index (χ1v) is 11.5. The molecule has 13 heteroatoms. The Labute approximate surface area is 201 Å². The number of methoxy groups -OCH3 is 2.